The third-order valence-electron chi connectivity index (χ3n) is 3.96. The van der Waals surface area contributed by atoms with Gasteiger partial charge in [0.05, 0.1) is 17.6 Å². The molecule has 0 spiro atoms. The van der Waals surface area contributed by atoms with Crippen LogP contribution >= 0.6 is 28.1 Å². The minimum Gasteiger partial charge on any atom is -0.496 e. The predicted octanol–water partition coefficient (Wildman–Crippen LogP) is 4.32. The summed E-state index contributed by atoms with van der Waals surface area (Å²) in [4.78, 5) is 0. The molecule has 1 saturated carbocycles. The molecule has 0 heterocycles. The van der Waals surface area contributed by atoms with Crippen LogP contribution in [0.2, 0.25) is 0 Å². The number of methoxy groups -OCH3 is 1. The van der Waals surface area contributed by atoms with Crippen LogP contribution in [0.1, 0.15) is 50.6 Å². The van der Waals surface area contributed by atoms with E-state index in [0.717, 1.165) is 15.3 Å². The number of hydrogen-bond donors (Lipinski definition) is 2. The van der Waals surface area contributed by atoms with Gasteiger partial charge in [0.1, 0.15) is 5.75 Å². The summed E-state index contributed by atoms with van der Waals surface area (Å²) in [6.45, 7) is 2.11. The Hall–Kier alpha value is -0.810. The summed E-state index contributed by atoms with van der Waals surface area (Å²) in [5.74, 6) is 0.842. The third kappa shape index (κ3) is 4.85. The van der Waals surface area contributed by atoms with Crippen LogP contribution in [0.15, 0.2) is 22.7 Å². The first kappa shape index (κ1) is 16.6. The Kier molecular flexibility index (Phi) is 6.30. The average Bonchev–Trinajstić information content (AvgIpc) is 2.48. The van der Waals surface area contributed by atoms with E-state index in [-0.39, 0.29) is 6.04 Å². The first-order chi connectivity index (χ1) is 10.1. The zero-order valence-electron chi connectivity index (χ0n) is 12.6. The molecule has 21 heavy (non-hydrogen) atoms. The van der Waals surface area contributed by atoms with Crippen molar-refractivity contribution in [2.45, 2.75) is 51.1 Å². The van der Waals surface area contributed by atoms with E-state index in [1.165, 1.54) is 37.7 Å². The zero-order valence-corrected chi connectivity index (χ0v) is 15.0. The van der Waals surface area contributed by atoms with Gasteiger partial charge in [-0.2, -0.15) is 0 Å². The SMILES string of the molecule is COc1ccc([C@@H](C)NC(=S)NC2CCCCC2)cc1Br. The summed E-state index contributed by atoms with van der Waals surface area (Å²) in [5.41, 5.74) is 1.18. The monoisotopic (exact) mass is 370 g/mol. The lowest BCUT2D eigenvalue weighted by atomic mass is 9.96. The van der Waals surface area contributed by atoms with E-state index >= 15 is 0 Å². The molecule has 0 bridgehead atoms. The van der Waals surface area contributed by atoms with E-state index in [1.807, 2.05) is 6.07 Å². The van der Waals surface area contributed by atoms with Crippen LogP contribution in [0.5, 0.6) is 5.75 Å². The fourth-order valence-electron chi connectivity index (χ4n) is 2.71. The second-order valence-electron chi connectivity index (χ2n) is 5.57. The number of nitrogens with one attached hydrogen (secondary N) is 2. The Balaban J connectivity index is 1.89. The summed E-state index contributed by atoms with van der Waals surface area (Å²) in [6.07, 6.45) is 6.42. The second-order valence-corrected chi connectivity index (χ2v) is 6.83. The standard InChI is InChI=1S/C16H23BrN2OS/c1-11(12-8-9-15(20-2)14(17)10-12)18-16(21)19-13-6-4-3-5-7-13/h8-11,13H,3-7H2,1-2H3,(H2,18,19,21)/t11-/m1/s1. The first-order valence-corrected chi connectivity index (χ1v) is 8.70. The highest BCUT2D eigenvalue weighted by Gasteiger charge is 2.15. The lowest BCUT2D eigenvalue weighted by Crippen LogP contribution is -2.43. The summed E-state index contributed by atoms with van der Waals surface area (Å²) in [7, 11) is 1.67. The highest BCUT2D eigenvalue weighted by atomic mass is 79.9. The molecule has 0 saturated heterocycles. The van der Waals surface area contributed by atoms with Crippen molar-refractivity contribution >= 4 is 33.3 Å². The van der Waals surface area contributed by atoms with Crippen molar-refractivity contribution in [2.24, 2.45) is 0 Å². The predicted molar refractivity (Wildman–Crippen MR) is 94.9 cm³/mol. The van der Waals surface area contributed by atoms with Crippen LogP contribution in [-0.4, -0.2) is 18.3 Å². The molecule has 1 atom stereocenters. The molecule has 0 aliphatic heterocycles. The van der Waals surface area contributed by atoms with E-state index in [9.17, 15) is 0 Å². The van der Waals surface area contributed by atoms with Crippen LogP contribution in [0.4, 0.5) is 0 Å². The van der Waals surface area contributed by atoms with Crippen molar-refractivity contribution in [1.29, 1.82) is 0 Å². The second kappa shape index (κ2) is 7.99. The van der Waals surface area contributed by atoms with Gasteiger partial charge in [0, 0.05) is 6.04 Å². The Labute approximate surface area is 141 Å². The normalized spacial score (nSPS) is 17.1. The molecule has 1 aliphatic carbocycles. The number of halogens is 1. The number of rotatable bonds is 4. The minimum absolute atomic E-state index is 0.163. The van der Waals surface area contributed by atoms with Gasteiger partial charge in [-0.25, -0.2) is 0 Å². The highest BCUT2D eigenvalue weighted by Crippen LogP contribution is 2.28. The van der Waals surface area contributed by atoms with Gasteiger partial charge in [0.25, 0.3) is 0 Å². The molecule has 2 rings (SSSR count). The molecule has 1 fully saturated rings. The van der Waals surface area contributed by atoms with Gasteiger partial charge in [-0.05, 0) is 65.6 Å². The Morgan fingerprint density at radius 2 is 2.05 bits per heavy atom. The smallest absolute Gasteiger partial charge is 0.166 e. The van der Waals surface area contributed by atoms with E-state index in [2.05, 4.69) is 45.6 Å². The van der Waals surface area contributed by atoms with E-state index in [0.29, 0.717) is 6.04 Å². The molecule has 2 N–H and O–H groups in total. The van der Waals surface area contributed by atoms with Gasteiger partial charge < -0.3 is 15.4 Å². The number of hydrogen-bond acceptors (Lipinski definition) is 2. The summed E-state index contributed by atoms with van der Waals surface area (Å²) in [6, 6.07) is 6.80. The molecule has 0 amide bonds. The Bertz CT molecular complexity index is 489. The number of benzene rings is 1. The van der Waals surface area contributed by atoms with Gasteiger partial charge in [-0.1, -0.05) is 25.3 Å². The van der Waals surface area contributed by atoms with E-state index < -0.39 is 0 Å². The molecule has 1 aliphatic rings. The van der Waals surface area contributed by atoms with Crippen molar-refractivity contribution in [1.82, 2.24) is 10.6 Å². The quantitative estimate of drug-likeness (QED) is 0.773. The maximum Gasteiger partial charge on any atom is 0.166 e. The molecule has 1 aromatic rings. The Morgan fingerprint density at radius 1 is 1.33 bits per heavy atom. The molecule has 3 nitrogen and oxygen atoms in total. The van der Waals surface area contributed by atoms with Crippen LogP contribution in [0, 0.1) is 0 Å². The van der Waals surface area contributed by atoms with Crippen molar-refractivity contribution in [3.63, 3.8) is 0 Å². The summed E-state index contributed by atoms with van der Waals surface area (Å²) < 4.78 is 6.22. The van der Waals surface area contributed by atoms with Crippen LogP contribution in [0.3, 0.4) is 0 Å². The van der Waals surface area contributed by atoms with Crippen molar-refractivity contribution in [3.05, 3.63) is 28.2 Å². The minimum atomic E-state index is 0.163. The van der Waals surface area contributed by atoms with E-state index in [1.54, 1.807) is 7.11 Å². The van der Waals surface area contributed by atoms with Gasteiger partial charge >= 0.3 is 0 Å². The summed E-state index contributed by atoms with van der Waals surface area (Å²) in [5, 5.41) is 7.56. The average molecular weight is 371 g/mol. The lowest BCUT2D eigenvalue weighted by Gasteiger charge is -2.26. The maximum atomic E-state index is 5.43. The van der Waals surface area contributed by atoms with Crippen molar-refractivity contribution in [2.75, 3.05) is 7.11 Å². The first-order valence-electron chi connectivity index (χ1n) is 7.50. The lowest BCUT2D eigenvalue weighted by molar-refractivity contribution is 0.410. The molecular weight excluding hydrogens is 348 g/mol. The van der Waals surface area contributed by atoms with Crippen molar-refractivity contribution in [3.8, 4) is 5.75 Å². The van der Waals surface area contributed by atoms with Crippen molar-refractivity contribution < 1.29 is 4.74 Å². The van der Waals surface area contributed by atoms with Crippen LogP contribution in [0.25, 0.3) is 0 Å². The maximum absolute atomic E-state index is 5.43. The fraction of sp³-hybridized carbons (Fsp3) is 0.562. The molecular formula is C16H23BrN2OS. The molecule has 0 aromatic heterocycles. The number of ether oxygens (including phenoxy) is 1. The van der Waals surface area contributed by atoms with E-state index in [4.69, 9.17) is 17.0 Å². The zero-order chi connectivity index (χ0) is 15.2. The van der Waals surface area contributed by atoms with Gasteiger partial charge in [-0.15, -0.1) is 0 Å². The third-order valence-corrected chi connectivity index (χ3v) is 4.82. The fourth-order valence-corrected chi connectivity index (χ4v) is 3.61. The van der Waals surface area contributed by atoms with Gasteiger partial charge in [0.15, 0.2) is 5.11 Å². The van der Waals surface area contributed by atoms with Crippen LogP contribution in [-0.2, 0) is 0 Å². The molecule has 116 valence electrons. The van der Waals surface area contributed by atoms with Gasteiger partial charge in [0.2, 0.25) is 0 Å². The molecule has 0 radical (unpaired) electrons. The Morgan fingerprint density at radius 3 is 2.67 bits per heavy atom. The topological polar surface area (TPSA) is 33.3 Å². The van der Waals surface area contributed by atoms with Gasteiger partial charge in [-0.3, -0.25) is 0 Å². The molecule has 5 heteroatoms. The number of thiocarbonyl (C=S) groups is 1. The largest absolute Gasteiger partial charge is 0.496 e. The van der Waals surface area contributed by atoms with Crippen LogP contribution < -0.4 is 15.4 Å². The summed E-state index contributed by atoms with van der Waals surface area (Å²) >= 11 is 8.95. The molecule has 0 unspecified atom stereocenters. The molecule has 1 aromatic carbocycles. The highest BCUT2D eigenvalue weighted by molar-refractivity contribution is 9.10.